The van der Waals surface area contributed by atoms with Gasteiger partial charge >= 0.3 is 5.97 Å². The second-order valence-electron chi connectivity index (χ2n) is 5.21. The quantitative estimate of drug-likeness (QED) is 0.347. The minimum Gasteiger partial charge on any atom is -0.422 e. The maximum absolute atomic E-state index is 12.8. The molecule has 2 aromatic rings. The van der Waals surface area contributed by atoms with Gasteiger partial charge in [-0.3, -0.25) is 4.79 Å². The van der Waals surface area contributed by atoms with Gasteiger partial charge in [-0.15, -0.1) is 0 Å². The van der Waals surface area contributed by atoms with Gasteiger partial charge in [0, 0.05) is 11.4 Å². The largest absolute Gasteiger partial charge is 0.422 e. The van der Waals surface area contributed by atoms with E-state index in [0.717, 1.165) is 10.6 Å². The number of carbonyl (C=O) groups excluding carboxylic acids is 2. The molecule has 0 spiro atoms. The summed E-state index contributed by atoms with van der Waals surface area (Å²) < 4.78 is 5.36. The Bertz CT molecular complexity index is 872. The fourth-order valence-corrected chi connectivity index (χ4v) is 4.09. The average Bonchev–Trinajstić information content (AvgIpc) is 2.93. The van der Waals surface area contributed by atoms with Crippen LogP contribution in [0.3, 0.4) is 0 Å². The fourth-order valence-electron chi connectivity index (χ4n) is 2.84. The van der Waals surface area contributed by atoms with Gasteiger partial charge in [-0.25, -0.2) is 4.79 Å². The Hall–Kier alpha value is -2.53. The molecule has 0 fully saturated rings. The van der Waals surface area contributed by atoms with Gasteiger partial charge in [0.1, 0.15) is 11.3 Å². The summed E-state index contributed by atoms with van der Waals surface area (Å²) in [6, 6.07) is 14.7. The number of Topliss-reactive ketones (excluding diaryl/α,β-unsaturated/α-hetero) is 1. The Morgan fingerprint density at radius 2 is 1.78 bits per heavy atom. The number of esters is 1. The molecule has 2 aliphatic rings. The molecule has 0 aromatic heterocycles. The molecule has 0 saturated carbocycles. The molecule has 5 heteroatoms. The Morgan fingerprint density at radius 3 is 2.61 bits per heavy atom. The molecule has 2 aliphatic heterocycles. The van der Waals surface area contributed by atoms with Gasteiger partial charge in [0.2, 0.25) is 5.78 Å². The van der Waals surface area contributed by atoms with Crippen LogP contribution in [-0.4, -0.2) is 18.3 Å². The van der Waals surface area contributed by atoms with E-state index in [4.69, 9.17) is 4.74 Å². The minimum atomic E-state index is -0.581. The number of hydrogen-bond acceptors (Lipinski definition) is 5. The fraction of sp³-hybridized carbons (Fsp3) is 0.111. The van der Waals surface area contributed by atoms with Gasteiger partial charge in [-0.2, -0.15) is 0 Å². The zero-order chi connectivity index (χ0) is 16.0. The van der Waals surface area contributed by atoms with E-state index in [2.05, 4.69) is 0 Å². The van der Waals surface area contributed by atoms with Gasteiger partial charge < -0.3 is 9.64 Å². The van der Waals surface area contributed by atoms with E-state index in [-0.39, 0.29) is 11.4 Å². The third kappa shape index (κ3) is 2.08. The SMILES string of the molecule is CCN1C(=C2C(=O)Oc3ccccc3C2=O)Sc2ccccc21. The second-order valence-corrected chi connectivity index (χ2v) is 6.24. The van der Waals surface area contributed by atoms with Gasteiger partial charge in [-0.1, -0.05) is 36.0 Å². The van der Waals surface area contributed by atoms with Crippen molar-refractivity contribution in [2.24, 2.45) is 0 Å². The van der Waals surface area contributed by atoms with E-state index < -0.39 is 5.97 Å². The van der Waals surface area contributed by atoms with Crippen molar-refractivity contribution in [3.63, 3.8) is 0 Å². The van der Waals surface area contributed by atoms with Crippen LogP contribution in [0.1, 0.15) is 17.3 Å². The average molecular weight is 323 g/mol. The van der Waals surface area contributed by atoms with Crippen molar-refractivity contribution in [2.45, 2.75) is 11.8 Å². The molecule has 0 atom stereocenters. The van der Waals surface area contributed by atoms with Crippen molar-refractivity contribution in [3.8, 4) is 5.75 Å². The first-order chi connectivity index (χ1) is 11.2. The van der Waals surface area contributed by atoms with Crippen molar-refractivity contribution >= 4 is 29.2 Å². The molecule has 0 aliphatic carbocycles. The standard InChI is InChI=1S/C18H13NO3S/c1-2-19-12-8-4-6-10-14(12)23-17(19)15-16(20)11-7-3-5-9-13(11)22-18(15)21/h3-10H,2H2,1H3. The molecule has 0 N–H and O–H groups in total. The number of benzene rings is 2. The van der Waals surface area contributed by atoms with Crippen LogP contribution >= 0.6 is 11.8 Å². The number of fused-ring (bicyclic) bond motifs is 2. The van der Waals surface area contributed by atoms with Gasteiger partial charge in [0.15, 0.2) is 0 Å². The molecule has 4 rings (SSSR count). The van der Waals surface area contributed by atoms with Crippen molar-refractivity contribution < 1.29 is 14.3 Å². The molecule has 4 nitrogen and oxygen atoms in total. The summed E-state index contributed by atoms with van der Waals surface area (Å²) in [4.78, 5) is 28.3. The number of anilines is 1. The van der Waals surface area contributed by atoms with E-state index in [9.17, 15) is 9.59 Å². The summed E-state index contributed by atoms with van der Waals surface area (Å²) in [5.41, 5.74) is 1.57. The Labute approximate surface area is 137 Å². The summed E-state index contributed by atoms with van der Waals surface area (Å²) >= 11 is 1.44. The van der Waals surface area contributed by atoms with Crippen LogP contribution in [0.2, 0.25) is 0 Å². The van der Waals surface area contributed by atoms with Crippen LogP contribution in [-0.2, 0) is 4.79 Å². The molecular formula is C18H13NO3S. The summed E-state index contributed by atoms with van der Waals surface area (Å²) in [6.45, 7) is 2.67. The summed E-state index contributed by atoms with van der Waals surface area (Å²) in [6.07, 6.45) is 0. The number of ether oxygens (including phenoxy) is 1. The molecule has 23 heavy (non-hydrogen) atoms. The molecule has 0 bridgehead atoms. The molecule has 2 heterocycles. The van der Waals surface area contributed by atoms with Crippen molar-refractivity contribution in [2.75, 3.05) is 11.4 Å². The van der Waals surface area contributed by atoms with Crippen LogP contribution in [0, 0.1) is 0 Å². The second kappa shape index (κ2) is 5.28. The van der Waals surface area contributed by atoms with Gasteiger partial charge in [0.25, 0.3) is 0 Å². The highest BCUT2D eigenvalue weighted by Crippen LogP contribution is 2.48. The first-order valence-corrected chi connectivity index (χ1v) is 8.17. The molecule has 0 amide bonds. The molecule has 0 radical (unpaired) electrons. The van der Waals surface area contributed by atoms with Crippen LogP contribution in [0.25, 0.3) is 0 Å². The monoisotopic (exact) mass is 323 g/mol. The normalized spacial score (nSPS) is 19.4. The predicted molar refractivity (Wildman–Crippen MR) is 88.8 cm³/mol. The van der Waals surface area contributed by atoms with Crippen LogP contribution in [0.4, 0.5) is 5.69 Å². The lowest BCUT2D eigenvalue weighted by Gasteiger charge is -2.23. The topological polar surface area (TPSA) is 46.6 Å². The molecule has 0 unspecified atom stereocenters. The van der Waals surface area contributed by atoms with Crippen molar-refractivity contribution in [1.29, 1.82) is 0 Å². The maximum Gasteiger partial charge on any atom is 0.350 e. The van der Waals surface area contributed by atoms with E-state index >= 15 is 0 Å². The third-order valence-electron chi connectivity index (χ3n) is 3.90. The molecule has 0 saturated heterocycles. The van der Waals surface area contributed by atoms with Crippen LogP contribution in [0.5, 0.6) is 5.75 Å². The van der Waals surface area contributed by atoms with E-state index in [0.29, 0.717) is 22.9 Å². The highest BCUT2D eigenvalue weighted by Gasteiger charge is 2.38. The van der Waals surface area contributed by atoms with Crippen molar-refractivity contribution in [1.82, 2.24) is 0 Å². The maximum atomic E-state index is 12.8. The first-order valence-electron chi connectivity index (χ1n) is 7.35. The smallest absolute Gasteiger partial charge is 0.350 e. The number of carbonyl (C=O) groups is 2. The van der Waals surface area contributed by atoms with Gasteiger partial charge in [0.05, 0.1) is 16.3 Å². The van der Waals surface area contributed by atoms with Gasteiger partial charge in [-0.05, 0) is 31.2 Å². The zero-order valence-corrected chi connectivity index (χ0v) is 13.2. The number of rotatable bonds is 1. The first kappa shape index (κ1) is 14.1. The number of hydrogen-bond donors (Lipinski definition) is 0. The minimum absolute atomic E-state index is 0.117. The van der Waals surface area contributed by atoms with E-state index in [1.54, 1.807) is 24.3 Å². The Kier molecular flexibility index (Phi) is 3.23. The van der Waals surface area contributed by atoms with E-state index in [1.807, 2.05) is 36.1 Å². The molecule has 2 aromatic carbocycles. The number of nitrogens with zero attached hydrogens (tertiary/aromatic N) is 1. The summed E-state index contributed by atoms with van der Waals surface area (Å²) in [5.74, 6) is -0.525. The number of ketones is 1. The molecular weight excluding hydrogens is 310 g/mol. The summed E-state index contributed by atoms with van der Waals surface area (Å²) in [5, 5.41) is 0.651. The van der Waals surface area contributed by atoms with Crippen molar-refractivity contribution in [3.05, 3.63) is 64.7 Å². The highest BCUT2D eigenvalue weighted by atomic mass is 32.2. The Balaban J connectivity index is 1.88. The number of thioether (sulfide) groups is 1. The lowest BCUT2D eigenvalue weighted by molar-refractivity contribution is -0.130. The Morgan fingerprint density at radius 1 is 1.04 bits per heavy atom. The summed E-state index contributed by atoms with van der Waals surface area (Å²) in [7, 11) is 0. The highest BCUT2D eigenvalue weighted by molar-refractivity contribution is 8.03. The lowest BCUT2D eigenvalue weighted by atomic mass is 10.0. The van der Waals surface area contributed by atoms with Crippen LogP contribution in [0.15, 0.2) is 64.0 Å². The third-order valence-corrected chi connectivity index (χ3v) is 5.09. The lowest BCUT2D eigenvalue weighted by Crippen LogP contribution is -2.30. The van der Waals surface area contributed by atoms with Crippen LogP contribution < -0.4 is 9.64 Å². The predicted octanol–water partition coefficient (Wildman–Crippen LogP) is 3.63. The molecule has 114 valence electrons. The number of para-hydroxylation sites is 2. The van der Waals surface area contributed by atoms with E-state index in [1.165, 1.54) is 11.8 Å². The zero-order valence-electron chi connectivity index (χ0n) is 12.4.